The Bertz CT molecular complexity index is 1110. The van der Waals surface area contributed by atoms with Crippen LogP contribution in [0.1, 0.15) is 31.2 Å². The largest absolute Gasteiger partial charge is 0.334 e. The van der Waals surface area contributed by atoms with Gasteiger partial charge in [0.15, 0.2) is 0 Å². The number of carbonyl (C=O) groups excluding carboxylic acids is 1. The molecule has 1 saturated heterocycles. The number of aromatic nitrogens is 1. The molecule has 0 atom stereocenters. The van der Waals surface area contributed by atoms with Crippen molar-refractivity contribution in [1.82, 2.24) is 19.5 Å². The average molecular weight is 503 g/mol. The number of nitro groups is 1. The number of carbonyl (C=O) groups is 1. The molecule has 0 radical (unpaired) electrons. The van der Waals surface area contributed by atoms with Crippen molar-refractivity contribution < 1.29 is 18.1 Å². The van der Waals surface area contributed by atoms with Gasteiger partial charge in [-0.2, -0.15) is 4.31 Å². The number of hydrogen-bond donors (Lipinski definition) is 2. The first-order chi connectivity index (χ1) is 16.8. The second-order valence-electron chi connectivity index (χ2n) is 8.88. The van der Waals surface area contributed by atoms with E-state index in [1.165, 1.54) is 16.4 Å². The van der Waals surface area contributed by atoms with Gasteiger partial charge in [0.2, 0.25) is 16.1 Å². The number of rotatable bonds is 7. The third-order valence-electron chi connectivity index (χ3n) is 6.68. The van der Waals surface area contributed by atoms with Gasteiger partial charge in [0.1, 0.15) is 0 Å². The molecular formula is C23H30N6O5S. The lowest BCUT2D eigenvalue weighted by Gasteiger charge is -2.40. The van der Waals surface area contributed by atoms with Gasteiger partial charge in [0.25, 0.3) is 0 Å². The van der Waals surface area contributed by atoms with Gasteiger partial charge in [-0.3, -0.25) is 20.0 Å². The van der Waals surface area contributed by atoms with Gasteiger partial charge in [0.05, 0.1) is 4.90 Å². The van der Waals surface area contributed by atoms with Gasteiger partial charge in [-0.1, -0.05) is 6.07 Å². The summed E-state index contributed by atoms with van der Waals surface area (Å²) >= 11 is 0. The molecule has 1 aromatic carbocycles. The van der Waals surface area contributed by atoms with Crippen molar-refractivity contribution in [3.8, 4) is 0 Å². The van der Waals surface area contributed by atoms with Crippen molar-refractivity contribution >= 4 is 21.7 Å². The lowest BCUT2D eigenvalue weighted by Crippen LogP contribution is -2.52. The Hall–Kier alpha value is -3.09. The van der Waals surface area contributed by atoms with E-state index in [4.69, 9.17) is 0 Å². The van der Waals surface area contributed by atoms with Crippen LogP contribution in [-0.2, 0) is 16.6 Å². The second kappa shape index (κ2) is 11.1. The van der Waals surface area contributed by atoms with Crippen molar-refractivity contribution in [2.45, 2.75) is 49.2 Å². The molecule has 2 amide bonds. The molecule has 2 aliphatic rings. The number of amides is 2. The number of anilines is 1. The molecule has 12 heteroatoms. The molecule has 188 valence electrons. The number of piperazine rings is 1. The highest BCUT2D eigenvalue weighted by atomic mass is 32.2. The summed E-state index contributed by atoms with van der Waals surface area (Å²) in [5.41, 5.74) is 1.36. The Balaban J connectivity index is 1.26. The van der Waals surface area contributed by atoms with Crippen LogP contribution in [0, 0.1) is 10.1 Å². The summed E-state index contributed by atoms with van der Waals surface area (Å²) in [5, 5.41) is 16.4. The first kappa shape index (κ1) is 25.0. The molecule has 2 aromatic rings. The smallest absolute Gasteiger partial charge is 0.319 e. The van der Waals surface area contributed by atoms with Crippen LogP contribution < -0.4 is 10.6 Å². The van der Waals surface area contributed by atoms with Crippen LogP contribution in [0.5, 0.6) is 0 Å². The second-order valence-corrected chi connectivity index (χ2v) is 10.8. The maximum atomic E-state index is 13.1. The normalized spacial score (nSPS) is 21.8. The summed E-state index contributed by atoms with van der Waals surface area (Å²) in [6, 6.07) is 9.22. The van der Waals surface area contributed by atoms with Crippen LogP contribution in [0.25, 0.3) is 0 Å². The fraction of sp³-hybridized carbons (Fsp3) is 0.478. The van der Waals surface area contributed by atoms with Crippen molar-refractivity contribution in [3.63, 3.8) is 0 Å². The highest BCUT2D eigenvalue weighted by molar-refractivity contribution is 7.89. The molecule has 11 nitrogen and oxygen atoms in total. The van der Waals surface area contributed by atoms with E-state index in [-0.39, 0.29) is 15.9 Å². The Morgan fingerprint density at radius 1 is 1.06 bits per heavy atom. The molecule has 1 aromatic heterocycles. The number of nitrogens with one attached hydrogen (secondary N) is 2. The minimum Gasteiger partial charge on any atom is -0.334 e. The van der Waals surface area contributed by atoms with Crippen LogP contribution in [0.3, 0.4) is 0 Å². The van der Waals surface area contributed by atoms with Gasteiger partial charge in [-0.15, -0.1) is 0 Å². The van der Waals surface area contributed by atoms with E-state index in [9.17, 15) is 23.3 Å². The van der Waals surface area contributed by atoms with Crippen LogP contribution in [0.2, 0.25) is 0 Å². The molecule has 1 aliphatic carbocycles. The molecule has 1 aliphatic heterocycles. The SMILES string of the molecule is O=C(NCc1cccnc1)Nc1ccc(S(=O)(=O)N2CCN(C3CCC([N+](=O)[O-])CC3)CC2)cc1. The average Bonchev–Trinajstić information content (AvgIpc) is 2.88. The number of pyridine rings is 1. The third-order valence-corrected chi connectivity index (χ3v) is 8.59. The summed E-state index contributed by atoms with van der Waals surface area (Å²) in [6.07, 6.45) is 6.05. The van der Waals surface area contributed by atoms with Gasteiger partial charge < -0.3 is 10.6 Å². The first-order valence-corrected chi connectivity index (χ1v) is 13.2. The van der Waals surface area contributed by atoms with E-state index in [0.717, 1.165) is 18.4 Å². The van der Waals surface area contributed by atoms with Crippen LogP contribution in [0.4, 0.5) is 10.5 Å². The minimum atomic E-state index is -3.65. The van der Waals surface area contributed by atoms with Crippen molar-refractivity contribution in [3.05, 3.63) is 64.5 Å². The first-order valence-electron chi connectivity index (χ1n) is 11.7. The van der Waals surface area contributed by atoms with E-state index >= 15 is 0 Å². The van der Waals surface area contributed by atoms with Crippen molar-refractivity contribution in [1.29, 1.82) is 0 Å². The van der Waals surface area contributed by atoms with Crippen molar-refractivity contribution in [2.75, 3.05) is 31.5 Å². The van der Waals surface area contributed by atoms with Crippen molar-refractivity contribution in [2.24, 2.45) is 0 Å². The highest BCUT2D eigenvalue weighted by Crippen LogP contribution is 2.27. The predicted octanol–water partition coefficient (Wildman–Crippen LogP) is 2.30. The minimum absolute atomic E-state index is 0.179. The summed E-state index contributed by atoms with van der Waals surface area (Å²) in [4.78, 5) is 29.4. The van der Waals surface area contributed by atoms with E-state index in [2.05, 4.69) is 20.5 Å². The third kappa shape index (κ3) is 6.32. The molecule has 2 heterocycles. The Morgan fingerprint density at radius 3 is 2.34 bits per heavy atom. The molecule has 0 unspecified atom stereocenters. The molecule has 4 rings (SSSR count). The molecule has 1 saturated carbocycles. The topological polar surface area (TPSA) is 138 Å². The van der Waals surface area contributed by atoms with E-state index in [1.54, 1.807) is 30.6 Å². The number of urea groups is 1. The fourth-order valence-electron chi connectivity index (χ4n) is 4.66. The molecular weight excluding hydrogens is 472 g/mol. The molecule has 0 spiro atoms. The predicted molar refractivity (Wildman–Crippen MR) is 130 cm³/mol. The summed E-state index contributed by atoms with van der Waals surface area (Å²) in [6.45, 7) is 2.32. The number of nitrogens with zero attached hydrogens (tertiary/aromatic N) is 4. The molecule has 35 heavy (non-hydrogen) atoms. The van der Waals surface area contributed by atoms with E-state index in [0.29, 0.717) is 51.3 Å². The molecule has 0 bridgehead atoms. The Morgan fingerprint density at radius 2 is 1.74 bits per heavy atom. The van der Waals surface area contributed by atoms with Crippen LogP contribution >= 0.6 is 0 Å². The van der Waals surface area contributed by atoms with Gasteiger partial charge in [0, 0.05) is 74.6 Å². The Labute approximate surface area is 204 Å². The summed E-state index contributed by atoms with van der Waals surface area (Å²) < 4.78 is 27.7. The zero-order valence-corrected chi connectivity index (χ0v) is 20.2. The maximum Gasteiger partial charge on any atom is 0.319 e. The number of sulfonamides is 1. The fourth-order valence-corrected chi connectivity index (χ4v) is 6.09. The van der Waals surface area contributed by atoms with Gasteiger partial charge in [-0.25, -0.2) is 13.2 Å². The van der Waals surface area contributed by atoms with Crippen LogP contribution in [0.15, 0.2) is 53.7 Å². The zero-order chi connectivity index (χ0) is 24.8. The maximum absolute atomic E-state index is 13.1. The number of hydrogen-bond acceptors (Lipinski definition) is 7. The highest BCUT2D eigenvalue weighted by Gasteiger charge is 2.35. The quantitative estimate of drug-likeness (QED) is 0.438. The van der Waals surface area contributed by atoms with Gasteiger partial charge in [-0.05, 0) is 48.7 Å². The zero-order valence-electron chi connectivity index (χ0n) is 19.4. The van der Waals surface area contributed by atoms with Crippen LogP contribution in [-0.4, -0.2) is 71.8 Å². The summed E-state index contributed by atoms with van der Waals surface area (Å²) in [7, 11) is -3.65. The number of benzene rings is 1. The lowest BCUT2D eigenvalue weighted by molar-refractivity contribution is -0.526. The van der Waals surface area contributed by atoms with Gasteiger partial charge >= 0.3 is 6.03 Å². The summed E-state index contributed by atoms with van der Waals surface area (Å²) in [5.74, 6) is 0. The monoisotopic (exact) mass is 502 g/mol. The molecule has 2 N–H and O–H groups in total. The lowest BCUT2D eigenvalue weighted by atomic mass is 9.90. The Kier molecular flexibility index (Phi) is 7.93. The molecule has 2 fully saturated rings. The van der Waals surface area contributed by atoms with E-state index < -0.39 is 22.1 Å². The van der Waals surface area contributed by atoms with E-state index in [1.807, 2.05) is 6.07 Å². The standard InChI is InChI=1S/C23H30N6O5S/c30-23(25-17-18-2-1-11-24-16-18)26-19-3-9-22(10-4-19)35(33,34)28-14-12-27(13-15-28)20-5-7-21(8-6-20)29(31)32/h1-4,9-11,16,20-21H,5-8,12-15,17H2,(H2,25,26,30).